The van der Waals surface area contributed by atoms with Crippen LogP contribution in [0.15, 0.2) is 45.8 Å². The number of carboxylic acids is 1. The molecular formula is C15H14BrNO2S. The van der Waals surface area contributed by atoms with E-state index in [4.69, 9.17) is 10.8 Å². The van der Waals surface area contributed by atoms with E-state index < -0.39 is 5.97 Å². The number of rotatable bonds is 4. The van der Waals surface area contributed by atoms with E-state index in [1.54, 1.807) is 23.9 Å². The fourth-order valence-corrected chi connectivity index (χ4v) is 3.49. The van der Waals surface area contributed by atoms with Crippen LogP contribution in [-0.2, 0) is 5.75 Å². The molecule has 104 valence electrons. The van der Waals surface area contributed by atoms with E-state index in [0.717, 1.165) is 31.9 Å². The van der Waals surface area contributed by atoms with E-state index in [-0.39, 0.29) is 5.56 Å². The van der Waals surface area contributed by atoms with Crippen molar-refractivity contribution in [2.45, 2.75) is 17.6 Å². The zero-order valence-electron chi connectivity index (χ0n) is 10.9. The van der Waals surface area contributed by atoms with Crippen molar-refractivity contribution >= 4 is 39.3 Å². The number of nitrogen functional groups attached to an aromatic ring is 1. The molecule has 2 aromatic carbocycles. The molecule has 0 saturated carbocycles. The average molecular weight is 352 g/mol. The molecule has 0 bridgehead atoms. The number of para-hydroxylation sites is 1. The second-order valence-corrected chi connectivity index (χ2v) is 6.26. The lowest BCUT2D eigenvalue weighted by atomic mass is 10.1. The lowest BCUT2D eigenvalue weighted by molar-refractivity contribution is 0.0697. The van der Waals surface area contributed by atoms with Gasteiger partial charge in [0.25, 0.3) is 0 Å². The molecule has 3 N–H and O–H groups in total. The molecule has 0 aliphatic carbocycles. The molecular weight excluding hydrogens is 338 g/mol. The summed E-state index contributed by atoms with van der Waals surface area (Å²) in [7, 11) is 0. The third-order valence-corrected chi connectivity index (χ3v) is 4.83. The minimum atomic E-state index is -0.923. The average Bonchev–Trinajstić information content (AvgIpc) is 2.41. The molecule has 0 unspecified atom stereocenters. The molecule has 2 rings (SSSR count). The number of benzene rings is 2. The Morgan fingerprint density at radius 2 is 2.10 bits per heavy atom. The number of hydrogen-bond donors (Lipinski definition) is 2. The van der Waals surface area contributed by atoms with E-state index in [0.29, 0.717) is 0 Å². The molecule has 0 radical (unpaired) electrons. The third kappa shape index (κ3) is 3.35. The molecule has 0 atom stereocenters. The highest BCUT2D eigenvalue weighted by Crippen LogP contribution is 2.32. The first-order valence-electron chi connectivity index (χ1n) is 5.98. The lowest BCUT2D eigenvalue weighted by Gasteiger charge is -2.09. The molecule has 5 heteroatoms. The number of thioether (sulfide) groups is 1. The van der Waals surface area contributed by atoms with Crippen LogP contribution in [0.4, 0.5) is 5.69 Å². The minimum Gasteiger partial charge on any atom is -0.478 e. The molecule has 0 aromatic heterocycles. The van der Waals surface area contributed by atoms with Gasteiger partial charge in [0.1, 0.15) is 0 Å². The Morgan fingerprint density at radius 1 is 1.35 bits per heavy atom. The van der Waals surface area contributed by atoms with Gasteiger partial charge in [0.05, 0.1) is 5.56 Å². The Bertz CT molecular complexity index is 658. The number of carbonyl (C=O) groups is 1. The standard InChI is InChI=1S/C15H14BrNO2S/c1-9-3-2-4-13(14(9)17)20-8-11-6-5-10(15(18)19)7-12(11)16/h2-7H,8,17H2,1H3,(H,18,19). The van der Waals surface area contributed by atoms with Crippen LogP contribution >= 0.6 is 27.7 Å². The van der Waals surface area contributed by atoms with Crippen LogP contribution in [0.3, 0.4) is 0 Å². The predicted octanol–water partition coefficient (Wildman–Crippen LogP) is 4.33. The summed E-state index contributed by atoms with van der Waals surface area (Å²) in [5.41, 5.74) is 9.23. The molecule has 3 nitrogen and oxygen atoms in total. The van der Waals surface area contributed by atoms with Crippen LogP contribution < -0.4 is 5.73 Å². The number of carboxylic acid groups (broad SMARTS) is 1. The molecule has 0 fully saturated rings. The van der Waals surface area contributed by atoms with Gasteiger partial charge in [-0.15, -0.1) is 11.8 Å². The van der Waals surface area contributed by atoms with Crippen LogP contribution in [0.25, 0.3) is 0 Å². The summed E-state index contributed by atoms with van der Waals surface area (Å²) in [5.74, 6) is -0.193. The molecule has 20 heavy (non-hydrogen) atoms. The van der Waals surface area contributed by atoms with Crippen LogP contribution in [-0.4, -0.2) is 11.1 Å². The first kappa shape index (κ1) is 14.9. The van der Waals surface area contributed by atoms with Gasteiger partial charge in [-0.25, -0.2) is 4.79 Å². The van der Waals surface area contributed by atoms with Gasteiger partial charge in [-0.1, -0.05) is 34.1 Å². The van der Waals surface area contributed by atoms with E-state index in [1.165, 1.54) is 0 Å². The van der Waals surface area contributed by atoms with Gasteiger partial charge in [-0.2, -0.15) is 0 Å². The maximum Gasteiger partial charge on any atom is 0.335 e. The predicted molar refractivity (Wildman–Crippen MR) is 86.3 cm³/mol. The SMILES string of the molecule is Cc1cccc(SCc2ccc(C(=O)O)cc2Br)c1N. The van der Waals surface area contributed by atoms with Gasteiger partial charge >= 0.3 is 5.97 Å². The summed E-state index contributed by atoms with van der Waals surface area (Å²) in [5, 5.41) is 8.93. The number of hydrogen-bond acceptors (Lipinski definition) is 3. The fraction of sp³-hybridized carbons (Fsp3) is 0.133. The molecule has 0 spiro atoms. The lowest BCUT2D eigenvalue weighted by Crippen LogP contribution is -1.97. The molecule has 2 aromatic rings. The smallest absolute Gasteiger partial charge is 0.335 e. The van der Waals surface area contributed by atoms with Crippen molar-refractivity contribution in [2.75, 3.05) is 5.73 Å². The summed E-state index contributed by atoms with van der Waals surface area (Å²) in [4.78, 5) is 11.9. The number of anilines is 1. The Kier molecular flexibility index (Phi) is 4.73. The second-order valence-electron chi connectivity index (χ2n) is 4.39. The maximum absolute atomic E-state index is 10.9. The van der Waals surface area contributed by atoms with Crippen molar-refractivity contribution in [1.29, 1.82) is 0 Å². The molecule has 0 amide bonds. The maximum atomic E-state index is 10.9. The van der Waals surface area contributed by atoms with Crippen molar-refractivity contribution in [3.05, 3.63) is 57.6 Å². The highest BCUT2D eigenvalue weighted by Gasteiger charge is 2.08. The largest absolute Gasteiger partial charge is 0.478 e. The Balaban J connectivity index is 2.15. The van der Waals surface area contributed by atoms with Crippen molar-refractivity contribution in [1.82, 2.24) is 0 Å². The van der Waals surface area contributed by atoms with Gasteiger partial charge in [-0.3, -0.25) is 0 Å². The van der Waals surface area contributed by atoms with E-state index in [1.807, 2.05) is 31.2 Å². The number of nitrogens with two attached hydrogens (primary N) is 1. The van der Waals surface area contributed by atoms with E-state index in [2.05, 4.69) is 15.9 Å². The monoisotopic (exact) mass is 351 g/mol. The summed E-state index contributed by atoms with van der Waals surface area (Å²) >= 11 is 5.05. The fourth-order valence-electron chi connectivity index (χ4n) is 1.73. The van der Waals surface area contributed by atoms with Crippen molar-refractivity contribution in [3.63, 3.8) is 0 Å². The molecule has 0 aliphatic heterocycles. The van der Waals surface area contributed by atoms with Crippen LogP contribution in [0.2, 0.25) is 0 Å². The summed E-state index contributed by atoms with van der Waals surface area (Å²) in [6.45, 7) is 1.98. The van der Waals surface area contributed by atoms with Gasteiger partial charge in [0.2, 0.25) is 0 Å². The third-order valence-electron chi connectivity index (χ3n) is 2.97. The van der Waals surface area contributed by atoms with Gasteiger partial charge < -0.3 is 10.8 Å². The van der Waals surface area contributed by atoms with Gasteiger partial charge in [0.15, 0.2) is 0 Å². The van der Waals surface area contributed by atoms with Crippen molar-refractivity contribution in [3.8, 4) is 0 Å². The van der Waals surface area contributed by atoms with Crippen LogP contribution in [0.5, 0.6) is 0 Å². The summed E-state index contributed by atoms with van der Waals surface area (Å²) in [6, 6.07) is 11.0. The zero-order chi connectivity index (χ0) is 14.7. The topological polar surface area (TPSA) is 63.3 Å². The normalized spacial score (nSPS) is 10.5. The Hall–Kier alpha value is -1.46. The Morgan fingerprint density at radius 3 is 2.75 bits per heavy atom. The Labute approximate surface area is 130 Å². The molecule has 0 heterocycles. The summed E-state index contributed by atoms with van der Waals surface area (Å²) < 4.78 is 0.802. The highest BCUT2D eigenvalue weighted by molar-refractivity contribution is 9.10. The highest BCUT2D eigenvalue weighted by atomic mass is 79.9. The quantitative estimate of drug-likeness (QED) is 0.635. The second kappa shape index (κ2) is 6.33. The number of halogens is 1. The number of aromatic carboxylic acids is 1. The molecule has 0 aliphatic rings. The van der Waals surface area contributed by atoms with Gasteiger partial charge in [-0.05, 0) is 36.2 Å². The minimum absolute atomic E-state index is 0.278. The van der Waals surface area contributed by atoms with Gasteiger partial charge in [0, 0.05) is 20.8 Å². The van der Waals surface area contributed by atoms with Crippen molar-refractivity contribution < 1.29 is 9.90 Å². The zero-order valence-corrected chi connectivity index (χ0v) is 13.3. The van der Waals surface area contributed by atoms with E-state index >= 15 is 0 Å². The first-order valence-corrected chi connectivity index (χ1v) is 7.76. The summed E-state index contributed by atoms with van der Waals surface area (Å²) in [6.07, 6.45) is 0. The van der Waals surface area contributed by atoms with Crippen molar-refractivity contribution in [2.24, 2.45) is 0 Å². The first-order chi connectivity index (χ1) is 9.49. The van der Waals surface area contributed by atoms with Crippen LogP contribution in [0.1, 0.15) is 21.5 Å². The van der Waals surface area contributed by atoms with E-state index in [9.17, 15) is 4.79 Å². The van der Waals surface area contributed by atoms with Crippen LogP contribution in [0, 0.1) is 6.92 Å². The molecule has 0 saturated heterocycles. The number of aryl methyl sites for hydroxylation is 1.